The summed E-state index contributed by atoms with van der Waals surface area (Å²) in [6.07, 6.45) is 0.398. The van der Waals surface area contributed by atoms with Gasteiger partial charge in [-0.3, -0.25) is 9.59 Å². The molecule has 0 aliphatic rings. The summed E-state index contributed by atoms with van der Waals surface area (Å²) in [5.74, 6) is -0.815. The number of carbonyl (C=O) groups is 2. The molecular formula is C13H25NO3. The van der Waals surface area contributed by atoms with Crippen LogP contribution in [-0.2, 0) is 9.59 Å². The van der Waals surface area contributed by atoms with Crippen LogP contribution in [0.5, 0.6) is 0 Å². The molecule has 1 amide bonds. The summed E-state index contributed by atoms with van der Waals surface area (Å²) < 4.78 is 0. The van der Waals surface area contributed by atoms with Crippen LogP contribution in [0.25, 0.3) is 0 Å². The van der Waals surface area contributed by atoms with Crippen molar-refractivity contribution in [2.45, 2.75) is 54.0 Å². The zero-order valence-corrected chi connectivity index (χ0v) is 11.8. The second kappa shape index (κ2) is 6.03. The average molecular weight is 243 g/mol. The number of carboxylic acid groups (broad SMARTS) is 1. The molecule has 0 aromatic heterocycles. The van der Waals surface area contributed by atoms with Crippen molar-refractivity contribution in [3.8, 4) is 0 Å². The van der Waals surface area contributed by atoms with Crippen molar-refractivity contribution < 1.29 is 14.7 Å². The Balaban J connectivity index is 4.59. The number of rotatable bonds is 5. The molecule has 1 N–H and O–H groups in total. The van der Waals surface area contributed by atoms with Crippen LogP contribution in [-0.4, -0.2) is 34.5 Å². The first kappa shape index (κ1) is 15.9. The molecule has 0 fully saturated rings. The number of nitrogens with zero attached hydrogens (tertiary/aromatic N) is 1. The lowest BCUT2D eigenvalue weighted by atomic mass is 9.80. The molecule has 100 valence electrons. The highest BCUT2D eigenvalue weighted by atomic mass is 16.4. The molecule has 1 atom stereocenters. The van der Waals surface area contributed by atoms with Crippen LogP contribution in [0.2, 0.25) is 0 Å². The van der Waals surface area contributed by atoms with E-state index in [1.807, 2.05) is 20.8 Å². The van der Waals surface area contributed by atoms with Gasteiger partial charge in [0.2, 0.25) is 5.91 Å². The van der Waals surface area contributed by atoms with E-state index in [9.17, 15) is 9.59 Å². The monoisotopic (exact) mass is 243 g/mol. The summed E-state index contributed by atoms with van der Waals surface area (Å²) in [5, 5.41) is 8.78. The van der Waals surface area contributed by atoms with Crippen LogP contribution in [0, 0.1) is 11.3 Å². The lowest BCUT2D eigenvalue weighted by Crippen LogP contribution is -2.42. The Bertz CT molecular complexity index is 279. The second-order valence-electron chi connectivity index (χ2n) is 5.98. The summed E-state index contributed by atoms with van der Waals surface area (Å²) >= 11 is 0. The fraction of sp³-hybridized carbons (Fsp3) is 0.846. The van der Waals surface area contributed by atoms with E-state index in [0.29, 0.717) is 6.42 Å². The van der Waals surface area contributed by atoms with Gasteiger partial charge >= 0.3 is 5.97 Å². The molecule has 0 aromatic rings. The molecule has 4 heteroatoms. The highest BCUT2D eigenvalue weighted by molar-refractivity contribution is 5.81. The Morgan fingerprint density at radius 3 is 1.94 bits per heavy atom. The van der Waals surface area contributed by atoms with Gasteiger partial charge in [0.25, 0.3) is 0 Å². The van der Waals surface area contributed by atoms with Gasteiger partial charge in [-0.1, -0.05) is 27.7 Å². The summed E-state index contributed by atoms with van der Waals surface area (Å²) in [5.41, 5.74) is 0.0571. The molecule has 0 heterocycles. The minimum Gasteiger partial charge on any atom is -0.480 e. The number of amides is 1. The van der Waals surface area contributed by atoms with Gasteiger partial charge in [-0.05, 0) is 25.2 Å². The molecule has 17 heavy (non-hydrogen) atoms. The predicted molar refractivity (Wildman–Crippen MR) is 67.7 cm³/mol. The van der Waals surface area contributed by atoms with Crippen LogP contribution in [0.4, 0.5) is 0 Å². The molecule has 0 spiro atoms. The molecule has 4 nitrogen and oxygen atoms in total. The Hall–Kier alpha value is -1.06. The van der Waals surface area contributed by atoms with Crippen LogP contribution < -0.4 is 0 Å². The zero-order chi connectivity index (χ0) is 13.8. The molecule has 0 aliphatic heterocycles. The number of hydrogen-bond donors (Lipinski definition) is 1. The summed E-state index contributed by atoms with van der Waals surface area (Å²) in [4.78, 5) is 24.2. The van der Waals surface area contributed by atoms with Crippen molar-refractivity contribution in [3.63, 3.8) is 0 Å². The number of hydrogen-bond acceptors (Lipinski definition) is 2. The number of carboxylic acids is 1. The molecule has 0 saturated heterocycles. The van der Waals surface area contributed by atoms with Crippen LogP contribution in [0.3, 0.4) is 0 Å². The van der Waals surface area contributed by atoms with E-state index in [2.05, 4.69) is 20.8 Å². The maximum Gasteiger partial charge on any atom is 0.323 e. The maximum absolute atomic E-state index is 12.0. The second-order valence-corrected chi connectivity index (χ2v) is 5.98. The van der Waals surface area contributed by atoms with Gasteiger partial charge in [0.05, 0.1) is 0 Å². The summed E-state index contributed by atoms with van der Waals surface area (Å²) in [7, 11) is 0. The van der Waals surface area contributed by atoms with E-state index < -0.39 is 5.97 Å². The minimum absolute atomic E-state index is 0.0571. The fourth-order valence-corrected chi connectivity index (χ4v) is 1.39. The van der Waals surface area contributed by atoms with Gasteiger partial charge in [0.1, 0.15) is 6.54 Å². The molecule has 0 aromatic carbocycles. The SMILES string of the molecule is CC(C)N(CC(=O)O)C(=O)CC(C)C(C)(C)C. The third kappa shape index (κ3) is 5.71. The van der Waals surface area contributed by atoms with Gasteiger partial charge < -0.3 is 10.0 Å². The van der Waals surface area contributed by atoms with E-state index >= 15 is 0 Å². The van der Waals surface area contributed by atoms with E-state index in [4.69, 9.17) is 5.11 Å². The highest BCUT2D eigenvalue weighted by Crippen LogP contribution is 2.28. The quantitative estimate of drug-likeness (QED) is 0.806. The van der Waals surface area contributed by atoms with E-state index in [1.165, 1.54) is 4.90 Å². The first-order chi connectivity index (χ1) is 7.55. The Kier molecular flexibility index (Phi) is 5.66. The average Bonchev–Trinajstić information content (AvgIpc) is 2.11. The molecule has 0 saturated carbocycles. The van der Waals surface area contributed by atoms with Crippen molar-refractivity contribution in [1.82, 2.24) is 4.90 Å². The Morgan fingerprint density at radius 2 is 1.65 bits per heavy atom. The molecule has 0 bridgehead atoms. The maximum atomic E-state index is 12.0. The van der Waals surface area contributed by atoms with Gasteiger partial charge in [0.15, 0.2) is 0 Å². The molecular weight excluding hydrogens is 218 g/mol. The lowest BCUT2D eigenvalue weighted by Gasteiger charge is -2.31. The van der Waals surface area contributed by atoms with Gasteiger partial charge in [-0.15, -0.1) is 0 Å². The van der Waals surface area contributed by atoms with E-state index in [1.54, 1.807) is 0 Å². The summed E-state index contributed by atoms with van der Waals surface area (Å²) in [6.45, 7) is 11.7. The molecule has 0 rings (SSSR count). The minimum atomic E-state index is -0.963. The summed E-state index contributed by atoms with van der Waals surface area (Å²) in [6, 6.07) is -0.0780. The zero-order valence-electron chi connectivity index (χ0n) is 11.8. The third-order valence-corrected chi connectivity index (χ3v) is 3.21. The smallest absolute Gasteiger partial charge is 0.323 e. The molecule has 0 aliphatic carbocycles. The van der Waals surface area contributed by atoms with Crippen molar-refractivity contribution in [2.75, 3.05) is 6.54 Å². The lowest BCUT2D eigenvalue weighted by molar-refractivity contribution is -0.146. The van der Waals surface area contributed by atoms with Crippen LogP contribution in [0.15, 0.2) is 0 Å². The third-order valence-electron chi connectivity index (χ3n) is 3.21. The largest absolute Gasteiger partial charge is 0.480 e. The first-order valence-corrected chi connectivity index (χ1v) is 6.07. The highest BCUT2D eigenvalue weighted by Gasteiger charge is 2.27. The van der Waals surface area contributed by atoms with Crippen molar-refractivity contribution in [1.29, 1.82) is 0 Å². The number of aliphatic carboxylic acids is 1. The van der Waals surface area contributed by atoms with Gasteiger partial charge in [0, 0.05) is 12.5 Å². The Labute approximate surface area is 104 Å². The standard InChI is InChI=1S/C13H25NO3/c1-9(2)14(8-12(16)17)11(15)7-10(3)13(4,5)6/h9-10H,7-8H2,1-6H3,(H,16,17). The van der Waals surface area contributed by atoms with Crippen LogP contribution >= 0.6 is 0 Å². The topological polar surface area (TPSA) is 57.6 Å². The van der Waals surface area contributed by atoms with Crippen molar-refractivity contribution in [3.05, 3.63) is 0 Å². The predicted octanol–water partition coefficient (Wildman–Crippen LogP) is 2.38. The van der Waals surface area contributed by atoms with Gasteiger partial charge in [-0.25, -0.2) is 0 Å². The van der Waals surface area contributed by atoms with Gasteiger partial charge in [-0.2, -0.15) is 0 Å². The van der Waals surface area contributed by atoms with Crippen molar-refractivity contribution in [2.24, 2.45) is 11.3 Å². The molecule has 1 unspecified atom stereocenters. The number of carbonyl (C=O) groups excluding carboxylic acids is 1. The fourth-order valence-electron chi connectivity index (χ4n) is 1.39. The van der Waals surface area contributed by atoms with Crippen LogP contribution in [0.1, 0.15) is 48.0 Å². The molecule has 0 radical (unpaired) electrons. The Morgan fingerprint density at radius 1 is 1.18 bits per heavy atom. The normalized spacial score (nSPS) is 13.6. The van der Waals surface area contributed by atoms with E-state index in [0.717, 1.165) is 0 Å². The first-order valence-electron chi connectivity index (χ1n) is 6.07. The van der Waals surface area contributed by atoms with Crippen molar-refractivity contribution >= 4 is 11.9 Å². The van der Waals surface area contributed by atoms with E-state index in [-0.39, 0.29) is 29.8 Å².